The molecule has 2 rings (SSSR count). The third-order valence-electron chi connectivity index (χ3n) is 2.09. The number of aromatic nitrogens is 2. The lowest BCUT2D eigenvalue weighted by Gasteiger charge is -2.03. The van der Waals surface area contributed by atoms with Crippen molar-refractivity contribution >= 4 is 23.4 Å². The molecule has 0 atom stereocenters. The highest BCUT2D eigenvalue weighted by Crippen LogP contribution is 2.26. The van der Waals surface area contributed by atoms with Gasteiger partial charge in [0, 0.05) is 16.3 Å². The molecule has 8 heteroatoms. The van der Waals surface area contributed by atoms with Crippen LogP contribution in [0.5, 0.6) is 5.75 Å². The first-order valence-corrected chi connectivity index (χ1v) is 6.76. The largest absolute Gasteiger partial charge is 0.435 e. The molecule has 1 aromatic heterocycles. The van der Waals surface area contributed by atoms with E-state index in [0.717, 1.165) is 0 Å². The molecule has 20 heavy (non-hydrogen) atoms. The van der Waals surface area contributed by atoms with E-state index in [9.17, 15) is 8.78 Å². The maximum Gasteiger partial charge on any atom is 0.387 e. The molecule has 0 fully saturated rings. The van der Waals surface area contributed by atoms with Gasteiger partial charge in [0.25, 0.3) is 5.22 Å². The van der Waals surface area contributed by atoms with Gasteiger partial charge in [-0.05, 0) is 24.3 Å². The van der Waals surface area contributed by atoms with Crippen LogP contribution in [0.2, 0.25) is 0 Å². The van der Waals surface area contributed by atoms with E-state index in [2.05, 4.69) is 21.5 Å². The Morgan fingerprint density at radius 1 is 1.35 bits per heavy atom. The Hall–Kier alpha value is -1.60. The summed E-state index contributed by atoms with van der Waals surface area (Å²) in [5, 5.41) is 8.52. The summed E-state index contributed by atoms with van der Waals surface area (Å²) < 4.78 is 33.7. The zero-order valence-corrected chi connectivity index (χ0v) is 11.6. The van der Waals surface area contributed by atoms with Crippen molar-refractivity contribution in [3.63, 3.8) is 0 Å². The van der Waals surface area contributed by atoms with Crippen LogP contribution in [-0.4, -0.2) is 22.6 Å². The quantitative estimate of drug-likeness (QED) is 0.748. The molecule has 0 radical (unpaired) electrons. The maximum absolute atomic E-state index is 12.0. The second kappa shape index (κ2) is 6.71. The first-order valence-electron chi connectivity index (χ1n) is 5.39. The summed E-state index contributed by atoms with van der Waals surface area (Å²) in [5.74, 6) is 0.817. The Bertz CT molecular complexity index is 589. The van der Waals surface area contributed by atoms with E-state index in [4.69, 9.17) is 16.0 Å². The number of halogens is 3. The number of thioether (sulfide) groups is 1. The zero-order valence-electron chi connectivity index (χ0n) is 10.1. The van der Waals surface area contributed by atoms with Crippen LogP contribution in [-0.2, 0) is 0 Å². The molecule has 1 heterocycles. The molecule has 0 spiro atoms. The minimum absolute atomic E-state index is 0.0660. The Kier molecular flexibility index (Phi) is 4.97. The van der Waals surface area contributed by atoms with Gasteiger partial charge in [0.15, 0.2) is 0 Å². The van der Waals surface area contributed by atoms with Crippen LogP contribution in [0.4, 0.5) is 8.78 Å². The molecule has 106 valence electrons. The molecule has 2 aromatic rings. The molecule has 0 saturated carbocycles. The molecule has 1 aromatic carbocycles. The molecule has 0 bridgehead atoms. The van der Waals surface area contributed by atoms with Crippen LogP contribution in [0.3, 0.4) is 0 Å². The van der Waals surface area contributed by atoms with E-state index in [1.54, 1.807) is 12.1 Å². The lowest BCUT2D eigenvalue weighted by Crippen LogP contribution is -2.01. The van der Waals surface area contributed by atoms with Gasteiger partial charge >= 0.3 is 6.61 Å². The smallest absolute Gasteiger partial charge is 0.387 e. The number of hydrogen-bond donors (Lipinski definition) is 0. The van der Waals surface area contributed by atoms with Gasteiger partial charge in [-0.25, -0.2) is 0 Å². The highest BCUT2D eigenvalue weighted by atomic mass is 35.5. The van der Waals surface area contributed by atoms with Crippen LogP contribution in [0.15, 0.2) is 45.5 Å². The average molecular weight is 319 g/mol. The highest BCUT2D eigenvalue weighted by molar-refractivity contribution is 7.99. The number of rotatable bonds is 6. The van der Waals surface area contributed by atoms with Crippen molar-refractivity contribution in [1.29, 1.82) is 0 Å². The Morgan fingerprint density at radius 2 is 2.05 bits per heavy atom. The van der Waals surface area contributed by atoms with Gasteiger partial charge in [0.1, 0.15) is 5.75 Å². The number of ether oxygens (including phenoxy) is 1. The second-order valence-electron chi connectivity index (χ2n) is 3.58. The molecule has 0 unspecified atom stereocenters. The molecule has 0 aliphatic rings. The van der Waals surface area contributed by atoms with Gasteiger partial charge in [0.2, 0.25) is 5.89 Å². The fourth-order valence-corrected chi connectivity index (χ4v) is 1.98. The molecule has 0 aliphatic heterocycles. The van der Waals surface area contributed by atoms with Crippen LogP contribution >= 0.6 is 23.4 Å². The van der Waals surface area contributed by atoms with Gasteiger partial charge in [-0.3, -0.25) is 0 Å². The molecule has 0 amide bonds. The predicted octanol–water partition coefficient (Wildman–Crippen LogP) is 4.18. The third-order valence-corrected chi connectivity index (χ3v) is 3.28. The highest BCUT2D eigenvalue weighted by Gasteiger charge is 2.10. The summed E-state index contributed by atoms with van der Waals surface area (Å²) in [6.07, 6.45) is 0. The fraction of sp³-hybridized carbons (Fsp3) is 0.167. The summed E-state index contributed by atoms with van der Waals surface area (Å²) in [4.78, 5) is 0. The lowest BCUT2D eigenvalue weighted by atomic mass is 10.2. The lowest BCUT2D eigenvalue weighted by molar-refractivity contribution is -0.0498. The van der Waals surface area contributed by atoms with Crippen LogP contribution in [0.25, 0.3) is 11.5 Å². The van der Waals surface area contributed by atoms with Crippen molar-refractivity contribution in [2.75, 3.05) is 5.75 Å². The van der Waals surface area contributed by atoms with E-state index >= 15 is 0 Å². The molecular formula is C12H9ClF2N2O2S. The summed E-state index contributed by atoms with van der Waals surface area (Å²) in [6.45, 7) is 0.697. The Balaban J connectivity index is 2.06. The second-order valence-corrected chi connectivity index (χ2v) is 5.04. The van der Waals surface area contributed by atoms with Gasteiger partial charge in [-0.2, -0.15) is 8.78 Å². The minimum Gasteiger partial charge on any atom is -0.435 e. The zero-order chi connectivity index (χ0) is 14.5. The SMILES string of the molecule is C=C(Cl)CSc1nnc(-c2ccc(OC(F)F)cc2)o1. The fourth-order valence-electron chi connectivity index (χ4n) is 1.30. The third kappa shape index (κ3) is 4.21. The van der Waals surface area contributed by atoms with E-state index < -0.39 is 6.61 Å². The van der Waals surface area contributed by atoms with Crippen molar-refractivity contribution in [2.45, 2.75) is 11.8 Å². The standard InChI is InChI=1S/C12H9ClF2N2O2S/c1-7(13)6-20-12-17-16-10(19-12)8-2-4-9(5-3-8)18-11(14)15/h2-5,11H,1,6H2. The van der Waals surface area contributed by atoms with E-state index in [1.165, 1.54) is 23.9 Å². The minimum atomic E-state index is -2.85. The molecule has 0 saturated heterocycles. The first-order chi connectivity index (χ1) is 9.54. The van der Waals surface area contributed by atoms with Gasteiger partial charge in [0.05, 0.1) is 0 Å². The van der Waals surface area contributed by atoms with E-state index in [0.29, 0.717) is 21.6 Å². The Labute approximate surface area is 122 Å². The average Bonchev–Trinajstić information content (AvgIpc) is 2.85. The van der Waals surface area contributed by atoms with E-state index in [-0.39, 0.29) is 11.6 Å². The molecular weight excluding hydrogens is 310 g/mol. The van der Waals surface area contributed by atoms with Crippen LogP contribution in [0, 0.1) is 0 Å². The normalized spacial score (nSPS) is 10.8. The van der Waals surface area contributed by atoms with Crippen molar-refractivity contribution in [1.82, 2.24) is 10.2 Å². The number of alkyl halides is 2. The van der Waals surface area contributed by atoms with Gasteiger partial charge in [-0.1, -0.05) is 29.9 Å². The summed E-state index contributed by atoms with van der Waals surface area (Å²) in [5.41, 5.74) is 0.607. The molecule has 4 nitrogen and oxygen atoms in total. The maximum atomic E-state index is 12.0. The number of nitrogens with zero attached hydrogens (tertiary/aromatic N) is 2. The summed E-state index contributed by atoms with van der Waals surface area (Å²) in [6, 6.07) is 5.92. The van der Waals surface area contributed by atoms with Crippen molar-refractivity contribution in [2.24, 2.45) is 0 Å². The Morgan fingerprint density at radius 3 is 2.65 bits per heavy atom. The van der Waals surface area contributed by atoms with Crippen LogP contribution in [0.1, 0.15) is 0 Å². The first kappa shape index (κ1) is 14.8. The predicted molar refractivity (Wildman–Crippen MR) is 72.1 cm³/mol. The summed E-state index contributed by atoms with van der Waals surface area (Å²) >= 11 is 6.89. The number of benzene rings is 1. The number of hydrogen-bond acceptors (Lipinski definition) is 5. The van der Waals surface area contributed by atoms with Crippen LogP contribution < -0.4 is 4.74 Å². The molecule has 0 N–H and O–H groups in total. The van der Waals surface area contributed by atoms with Crippen molar-refractivity contribution < 1.29 is 17.9 Å². The van der Waals surface area contributed by atoms with E-state index in [1.807, 2.05) is 0 Å². The van der Waals surface area contributed by atoms with Gasteiger partial charge in [-0.15, -0.1) is 10.2 Å². The molecule has 0 aliphatic carbocycles. The van der Waals surface area contributed by atoms with Gasteiger partial charge < -0.3 is 9.15 Å². The summed E-state index contributed by atoms with van der Waals surface area (Å²) in [7, 11) is 0. The topological polar surface area (TPSA) is 48.2 Å². The van der Waals surface area contributed by atoms with Crippen molar-refractivity contribution in [3.05, 3.63) is 35.9 Å². The van der Waals surface area contributed by atoms with Crippen molar-refractivity contribution in [3.8, 4) is 17.2 Å². The monoisotopic (exact) mass is 318 g/mol.